The Kier molecular flexibility index (Phi) is 4.41. The molecule has 0 aliphatic carbocycles. The minimum absolute atomic E-state index is 0.178. The Morgan fingerprint density at radius 3 is 2.72 bits per heavy atom. The number of fused-ring (bicyclic) bond motifs is 1. The number of carbonyl (C=O) groups excluding carboxylic acids is 1. The van der Waals surface area contributed by atoms with Crippen LogP contribution in [0.25, 0.3) is 0 Å². The molecule has 0 saturated carbocycles. The molecule has 1 aromatic heterocycles. The van der Waals surface area contributed by atoms with E-state index in [1.54, 1.807) is 12.3 Å². The maximum atomic E-state index is 12.3. The van der Waals surface area contributed by atoms with Crippen molar-refractivity contribution in [1.82, 2.24) is 10.3 Å². The van der Waals surface area contributed by atoms with E-state index < -0.39 is 0 Å². The molecule has 0 unspecified atom stereocenters. The summed E-state index contributed by atoms with van der Waals surface area (Å²) in [6.07, 6.45) is 5.53. The molecule has 130 valence electrons. The normalized spacial score (nSPS) is 15.9. The van der Waals surface area contributed by atoms with Crippen LogP contribution < -0.4 is 19.7 Å². The fraction of sp³-hybridized carbons (Fsp3) is 0.368. The number of pyridine rings is 1. The van der Waals surface area contributed by atoms with Crippen LogP contribution >= 0.6 is 0 Å². The van der Waals surface area contributed by atoms with Gasteiger partial charge >= 0.3 is 0 Å². The topological polar surface area (TPSA) is 63.7 Å². The highest BCUT2D eigenvalue weighted by Gasteiger charge is 2.15. The Balaban J connectivity index is 1.36. The van der Waals surface area contributed by atoms with Gasteiger partial charge in [-0.15, -0.1) is 0 Å². The van der Waals surface area contributed by atoms with Gasteiger partial charge in [0, 0.05) is 19.6 Å². The predicted molar refractivity (Wildman–Crippen MR) is 94.0 cm³/mol. The highest BCUT2D eigenvalue weighted by Crippen LogP contribution is 2.32. The lowest BCUT2D eigenvalue weighted by Crippen LogP contribution is -2.29. The molecule has 1 N–H and O–H groups in total. The van der Waals surface area contributed by atoms with Gasteiger partial charge in [0.2, 0.25) is 6.79 Å². The molecule has 0 radical (unpaired) electrons. The van der Waals surface area contributed by atoms with Gasteiger partial charge in [0.15, 0.2) is 11.5 Å². The van der Waals surface area contributed by atoms with Crippen LogP contribution in [0.2, 0.25) is 0 Å². The van der Waals surface area contributed by atoms with Crippen molar-refractivity contribution < 1.29 is 14.3 Å². The number of carbonyl (C=O) groups is 1. The van der Waals surface area contributed by atoms with Gasteiger partial charge in [-0.25, -0.2) is 4.98 Å². The number of ether oxygens (including phenoxy) is 2. The van der Waals surface area contributed by atoms with Crippen molar-refractivity contribution in [3.63, 3.8) is 0 Å². The first-order valence-corrected chi connectivity index (χ1v) is 8.67. The van der Waals surface area contributed by atoms with Crippen LogP contribution in [0.4, 0.5) is 5.69 Å². The van der Waals surface area contributed by atoms with Crippen molar-refractivity contribution in [2.24, 2.45) is 0 Å². The molecular weight excluding hydrogens is 318 g/mol. The molecule has 0 atom stereocenters. The van der Waals surface area contributed by atoms with Crippen molar-refractivity contribution in [3.8, 4) is 11.5 Å². The van der Waals surface area contributed by atoms with Gasteiger partial charge in [-0.2, -0.15) is 0 Å². The van der Waals surface area contributed by atoms with Crippen molar-refractivity contribution in [1.29, 1.82) is 0 Å². The molecule has 4 rings (SSSR count). The molecule has 2 aliphatic heterocycles. The number of anilines is 1. The molecule has 25 heavy (non-hydrogen) atoms. The highest BCUT2D eigenvalue weighted by molar-refractivity contribution is 5.92. The van der Waals surface area contributed by atoms with Crippen LogP contribution in [0.1, 0.15) is 35.3 Å². The molecule has 1 saturated heterocycles. The quantitative estimate of drug-likeness (QED) is 0.928. The average Bonchev–Trinajstić information content (AvgIpc) is 3.15. The van der Waals surface area contributed by atoms with E-state index in [2.05, 4.69) is 15.2 Å². The van der Waals surface area contributed by atoms with E-state index in [9.17, 15) is 4.79 Å². The van der Waals surface area contributed by atoms with Gasteiger partial charge in [0.25, 0.3) is 5.91 Å². The molecule has 1 amide bonds. The summed E-state index contributed by atoms with van der Waals surface area (Å²) in [4.78, 5) is 18.9. The van der Waals surface area contributed by atoms with Gasteiger partial charge < -0.3 is 19.7 Å². The van der Waals surface area contributed by atoms with Crippen LogP contribution in [-0.2, 0) is 6.54 Å². The molecule has 6 heteroatoms. The van der Waals surface area contributed by atoms with Crippen LogP contribution in [-0.4, -0.2) is 30.8 Å². The summed E-state index contributed by atoms with van der Waals surface area (Å²) in [7, 11) is 0. The summed E-state index contributed by atoms with van der Waals surface area (Å²) in [5.41, 5.74) is 2.48. The largest absolute Gasteiger partial charge is 0.454 e. The number of amides is 1. The third kappa shape index (κ3) is 3.52. The minimum Gasteiger partial charge on any atom is -0.454 e. The average molecular weight is 339 g/mol. The first-order valence-electron chi connectivity index (χ1n) is 8.67. The minimum atomic E-state index is -0.178. The number of piperidine rings is 1. The Morgan fingerprint density at radius 1 is 1.08 bits per heavy atom. The molecule has 0 spiro atoms. The molecule has 1 fully saturated rings. The van der Waals surface area contributed by atoms with E-state index in [0.717, 1.165) is 35.8 Å². The molecular formula is C19H21N3O3. The lowest BCUT2D eigenvalue weighted by Gasteiger charge is -2.28. The number of nitrogens with one attached hydrogen (secondary N) is 1. The Morgan fingerprint density at radius 2 is 1.92 bits per heavy atom. The maximum Gasteiger partial charge on any atom is 0.270 e. The molecule has 3 heterocycles. The van der Waals surface area contributed by atoms with Crippen molar-refractivity contribution in [2.45, 2.75) is 25.8 Å². The fourth-order valence-electron chi connectivity index (χ4n) is 3.18. The molecule has 0 bridgehead atoms. The second kappa shape index (κ2) is 7.01. The number of aromatic nitrogens is 1. The van der Waals surface area contributed by atoms with Gasteiger partial charge in [-0.3, -0.25) is 4.79 Å². The monoisotopic (exact) mass is 339 g/mol. The van der Waals surface area contributed by atoms with E-state index in [1.165, 1.54) is 19.3 Å². The van der Waals surface area contributed by atoms with Gasteiger partial charge in [-0.1, -0.05) is 6.07 Å². The Hall–Kier alpha value is -2.76. The first-order chi connectivity index (χ1) is 12.3. The van der Waals surface area contributed by atoms with Crippen LogP contribution in [0.5, 0.6) is 11.5 Å². The van der Waals surface area contributed by atoms with Crippen molar-refractivity contribution in [2.75, 3.05) is 24.8 Å². The number of hydrogen-bond donors (Lipinski definition) is 1. The van der Waals surface area contributed by atoms with E-state index in [1.807, 2.05) is 24.3 Å². The number of rotatable bonds is 4. The molecule has 1 aromatic carbocycles. The zero-order valence-corrected chi connectivity index (χ0v) is 14.0. The molecule has 6 nitrogen and oxygen atoms in total. The van der Waals surface area contributed by atoms with Gasteiger partial charge in [-0.05, 0) is 49.1 Å². The standard InChI is InChI=1S/C19H21N3O3/c23-19(21-11-14-4-7-17-18(10-14)25-13-24-17)16-6-5-15(12-20-16)22-8-2-1-3-9-22/h4-7,10,12H,1-3,8-9,11,13H2,(H,21,23). The molecule has 2 aliphatic rings. The van der Waals surface area contributed by atoms with Gasteiger partial charge in [0.1, 0.15) is 5.69 Å². The third-order valence-corrected chi connectivity index (χ3v) is 4.59. The van der Waals surface area contributed by atoms with Crippen LogP contribution in [0.3, 0.4) is 0 Å². The van der Waals surface area contributed by atoms with E-state index in [0.29, 0.717) is 12.2 Å². The zero-order chi connectivity index (χ0) is 17.1. The zero-order valence-electron chi connectivity index (χ0n) is 14.0. The lowest BCUT2D eigenvalue weighted by molar-refractivity contribution is 0.0946. The number of nitrogens with zero attached hydrogens (tertiary/aromatic N) is 2. The van der Waals surface area contributed by atoms with E-state index in [4.69, 9.17) is 9.47 Å². The van der Waals surface area contributed by atoms with Gasteiger partial charge in [0.05, 0.1) is 11.9 Å². The Bertz CT molecular complexity index is 755. The van der Waals surface area contributed by atoms with Crippen LogP contribution in [0, 0.1) is 0 Å². The number of benzene rings is 1. The third-order valence-electron chi connectivity index (χ3n) is 4.59. The maximum absolute atomic E-state index is 12.3. The van der Waals surface area contributed by atoms with Crippen molar-refractivity contribution >= 4 is 11.6 Å². The van der Waals surface area contributed by atoms with E-state index >= 15 is 0 Å². The summed E-state index contributed by atoms with van der Waals surface area (Å²) in [6.45, 7) is 2.80. The second-order valence-electron chi connectivity index (χ2n) is 6.32. The van der Waals surface area contributed by atoms with E-state index in [-0.39, 0.29) is 12.7 Å². The summed E-state index contributed by atoms with van der Waals surface area (Å²) >= 11 is 0. The number of hydrogen-bond acceptors (Lipinski definition) is 5. The Labute approximate surface area is 146 Å². The predicted octanol–water partition coefficient (Wildman–Crippen LogP) is 2.73. The second-order valence-corrected chi connectivity index (χ2v) is 6.32. The van der Waals surface area contributed by atoms with Crippen LogP contribution in [0.15, 0.2) is 36.5 Å². The smallest absolute Gasteiger partial charge is 0.270 e. The molecule has 2 aromatic rings. The highest BCUT2D eigenvalue weighted by atomic mass is 16.7. The summed E-state index contributed by atoms with van der Waals surface area (Å²) in [5, 5.41) is 2.89. The SMILES string of the molecule is O=C(NCc1ccc2c(c1)OCO2)c1ccc(N2CCCCC2)cn1. The summed E-state index contributed by atoms with van der Waals surface area (Å²) in [6, 6.07) is 9.43. The lowest BCUT2D eigenvalue weighted by atomic mass is 10.1. The fourth-order valence-corrected chi connectivity index (χ4v) is 3.18. The first kappa shape index (κ1) is 15.7. The summed E-state index contributed by atoms with van der Waals surface area (Å²) < 4.78 is 10.6. The summed E-state index contributed by atoms with van der Waals surface area (Å²) in [5.74, 6) is 1.28. The van der Waals surface area contributed by atoms with Crippen molar-refractivity contribution in [3.05, 3.63) is 47.8 Å².